The van der Waals surface area contributed by atoms with E-state index in [9.17, 15) is 14.9 Å². The number of nitro groups is 1. The molecule has 0 bridgehead atoms. The molecule has 0 radical (unpaired) electrons. The van der Waals surface area contributed by atoms with Crippen LogP contribution in [0.1, 0.15) is 15.9 Å². The lowest BCUT2D eigenvalue weighted by Crippen LogP contribution is -2.43. The maximum absolute atomic E-state index is 13.6. The Labute approximate surface area is 189 Å². The molecule has 1 aliphatic heterocycles. The molecule has 0 atom stereocenters. The van der Waals surface area contributed by atoms with Gasteiger partial charge in [-0.1, -0.05) is 17.4 Å². The second-order valence-corrected chi connectivity index (χ2v) is 8.46. The van der Waals surface area contributed by atoms with Crippen molar-refractivity contribution in [2.75, 3.05) is 51.4 Å². The van der Waals surface area contributed by atoms with E-state index in [1.807, 2.05) is 18.2 Å². The molecule has 1 aliphatic rings. The Hall–Kier alpha value is -3.08. The van der Waals surface area contributed by atoms with Crippen LogP contribution in [0, 0.1) is 17.0 Å². The number of hydrogen-bond donors (Lipinski definition) is 0. The Morgan fingerprint density at radius 3 is 2.81 bits per heavy atom. The van der Waals surface area contributed by atoms with E-state index in [0.29, 0.717) is 48.3 Å². The van der Waals surface area contributed by atoms with E-state index in [1.54, 1.807) is 31.1 Å². The van der Waals surface area contributed by atoms with Gasteiger partial charge in [0.25, 0.3) is 11.6 Å². The van der Waals surface area contributed by atoms with Crippen LogP contribution in [0.25, 0.3) is 10.2 Å². The van der Waals surface area contributed by atoms with Crippen LogP contribution in [0.15, 0.2) is 36.4 Å². The second kappa shape index (κ2) is 9.60. The third-order valence-corrected chi connectivity index (χ3v) is 6.59. The minimum absolute atomic E-state index is 0.0713. The van der Waals surface area contributed by atoms with E-state index in [2.05, 4.69) is 9.88 Å². The highest BCUT2D eigenvalue weighted by molar-refractivity contribution is 7.22. The average Bonchev–Trinajstić information content (AvgIpc) is 3.22. The molecule has 2 aromatic carbocycles. The zero-order valence-corrected chi connectivity index (χ0v) is 18.8. The van der Waals surface area contributed by atoms with Gasteiger partial charge in [-0.25, -0.2) is 4.98 Å². The predicted molar refractivity (Wildman–Crippen MR) is 123 cm³/mol. The minimum atomic E-state index is -0.464. The van der Waals surface area contributed by atoms with Gasteiger partial charge in [0.2, 0.25) is 0 Å². The Bertz CT molecular complexity index is 1140. The fourth-order valence-electron chi connectivity index (χ4n) is 3.69. The number of thiazole rings is 1. The van der Waals surface area contributed by atoms with Gasteiger partial charge in [0.15, 0.2) is 5.13 Å². The van der Waals surface area contributed by atoms with E-state index in [1.165, 1.54) is 17.4 Å². The molecule has 1 amide bonds. The number of morpholine rings is 1. The first-order chi connectivity index (χ1) is 15.5. The Balaban J connectivity index is 1.69. The zero-order valence-electron chi connectivity index (χ0n) is 17.9. The van der Waals surface area contributed by atoms with Crippen molar-refractivity contribution in [3.63, 3.8) is 0 Å². The van der Waals surface area contributed by atoms with E-state index >= 15 is 0 Å². The molecular weight excluding hydrogens is 432 g/mol. The van der Waals surface area contributed by atoms with Crippen LogP contribution in [0.2, 0.25) is 0 Å². The van der Waals surface area contributed by atoms with Crippen LogP contribution in [-0.4, -0.2) is 67.2 Å². The maximum atomic E-state index is 13.6. The van der Waals surface area contributed by atoms with Gasteiger partial charge < -0.3 is 9.47 Å². The molecular formula is C22H24N4O5S. The lowest BCUT2D eigenvalue weighted by molar-refractivity contribution is -0.385. The number of carbonyl (C=O) groups excluding carboxylic acids is 1. The van der Waals surface area contributed by atoms with Gasteiger partial charge in [-0.2, -0.15) is 0 Å². The molecule has 0 N–H and O–H groups in total. The number of amides is 1. The predicted octanol–water partition coefficient (Wildman–Crippen LogP) is 3.50. The molecule has 0 unspecified atom stereocenters. The number of benzene rings is 2. The van der Waals surface area contributed by atoms with Gasteiger partial charge in [0.1, 0.15) is 5.75 Å². The first kappa shape index (κ1) is 22.1. The van der Waals surface area contributed by atoms with Gasteiger partial charge in [-0.15, -0.1) is 0 Å². The van der Waals surface area contributed by atoms with Crippen molar-refractivity contribution in [2.45, 2.75) is 6.92 Å². The molecule has 9 nitrogen and oxygen atoms in total. The van der Waals surface area contributed by atoms with Crippen molar-refractivity contribution < 1.29 is 19.2 Å². The van der Waals surface area contributed by atoms with Gasteiger partial charge in [0.05, 0.1) is 35.5 Å². The van der Waals surface area contributed by atoms with E-state index in [-0.39, 0.29) is 11.6 Å². The quantitative estimate of drug-likeness (QED) is 0.396. The largest absolute Gasteiger partial charge is 0.497 e. The summed E-state index contributed by atoms with van der Waals surface area (Å²) < 4.78 is 11.6. The summed E-state index contributed by atoms with van der Waals surface area (Å²) in [6.45, 7) is 5.61. The van der Waals surface area contributed by atoms with Crippen LogP contribution in [0.3, 0.4) is 0 Å². The fraction of sp³-hybridized carbons (Fsp3) is 0.364. The van der Waals surface area contributed by atoms with E-state index in [4.69, 9.17) is 9.47 Å². The Morgan fingerprint density at radius 1 is 1.31 bits per heavy atom. The summed E-state index contributed by atoms with van der Waals surface area (Å²) in [7, 11) is 1.59. The van der Waals surface area contributed by atoms with Crippen molar-refractivity contribution in [2.24, 2.45) is 0 Å². The second-order valence-electron chi connectivity index (χ2n) is 7.45. The molecule has 0 saturated carbocycles. The molecule has 10 heteroatoms. The number of rotatable bonds is 7. The molecule has 1 fully saturated rings. The number of carbonyl (C=O) groups is 1. The molecule has 4 rings (SSSR count). The standard InChI is InChI=1S/C22H24N4O5S/c1-15-17(4-3-5-19(15)26(28)29)21(27)25(9-8-24-10-12-31-13-11-24)22-23-18-14-16(30-2)6-7-20(18)32-22/h3-7,14H,8-13H2,1-2H3. The highest BCUT2D eigenvalue weighted by Gasteiger charge is 2.26. The number of fused-ring (bicyclic) bond motifs is 1. The fourth-order valence-corrected chi connectivity index (χ4v) is 4.66. The van der Waals surface area contributed by atoms with Crippen LogP contribution < -0.4 is 9.64 Å². The summed E-state index contributed by atoms with van der Waals surface area (Å²) in [5.74, 6) is 0.389. The van der Waals surface area contributed by atoms with Crippen molar-refractivity contribution in [1.29, 1.82) is 0 Å². The first-order valence-electron chi connectivity index (χ1n) is 10.3. The van der Waals surface area contributed by atoms with Gasteiger partial charge in [-0.3, -0.25) is 24.7 Å². The molecule has 0 aliphatic carbocycles. The maximum Gasteiger partial charge on any atom is 0.273 e. The van der Waals surface area contributed by atoms with E-state index < -0.39 is 4.92 Å². The summed E-state index contributed by atoms with van der Waals surface area (Å²) in [5, 5.41) is 11.9. The van der Waals surface area contributed by atoms with Crippen molar-refractivity contribution >= 4 is 38.3 Å². The molecule has 3 aromatic rings. The smallest absolute Gasteiger partial charge is 0.273 e. The zero-order chi connectivity index (χ0) is 22.7. The van der Waals surface area contributed by atoms with Gasteiger partial charge in [-0.05, 0) is 25.1 Å². The normalized spacial score (nSPS) is 14.4. The summed E-state index contributed by atoms with van der Waals surface area (Å²) >= 11 is 1.41. The number of aromatic nitrogens is 1. The molecule has 1 aromatic heterocycles. The summed E-state index contributed by atoms with van der Waals surface area (Å²) in [5.41, 5.74) is 1.32. The molecule has 0 spiro atoms. The van der Waals surface area contributed by atoms with Crippen molar-refractivity contribution in [3.8, 4) is 5.75 Å². The van der Waals surface area contributed by atoms with Gasteiger partial charge >= 0.3 is 0 Å². The van der Waals surface area contributed by atoms with Crippen LogP contribution in [0.4, 0.5) is 10.8 Å². The van der Waals surface area contributed by atoms with Crippen LogP contribution >= 0.6 is 11.3 Å². The summed E-state index contributed by atoms with van der Waals surface area (Å²) in [4.78, 5) is 33.1. The first-order valence-corrected chi connectivity index (χ1v) is 11.1. The number of anilines is 1. The highest BCUT2D eigenvalue weighted by atomic mass is 32.1. The average molecular weight is 457 g/mol. The van der Waals surface area contributed by atoms with Crippen LogP contribution in [-0.2, 0) is 4.74 Å². The van der Waals surface area contributed by atoms with Crippen molar-refractivity contribution in [3.05, 3.63) is 57.6 Å². The number of nitrogens with zero attached hydrogens (tertiary/aromatic N) is 4. The highest BCUT2D eigenvalue weighted by Crippen LogP contribution is 2.33. The molecule has 168 valence electrons. The van der Waals surface area contributed by atoms with Crippen molar-refractivity contribution in [1.82, 2.24) is 9.88 Å². The van der Waals surface area contributed by atoms with Crippen LogP contribution in [0.5, 0.6) is 5.75 Å². The lowest BCUT2D eigenvalue weighted by atomic mass is 10.1. The Kier molecular flexibility index (Phi) is 6.63. The third-order valence-electron chi connectivity index (χ3n) is 5.54. The monoisotopic (exact) mass is 456 g/mol. The lowest BCUT2D eigenvalue weighted by Gasteiger charge is -2.29. The summed E-state index contributed by atoms with van der Waals surface area (Å²) in [6.07, 6.45) is 0. The number of hydrogen-bond acceptors (Lipinski definition) is 8. The molecule has 1 saturated heterocycles. The minimum Gasteiger partial charge on any atom is -0.497 e. The molecule has 32 heavy (non-hydrogen) atoms. The third kappa shape index (κ3) is 4.57. The Morgan fingerprint density at radius 2 is 2.09 bits per heavy atom. The molecule has 2 heterocycles. The number of nitro benzene ring substituents is 1. The number of methoxy groups -OCH3 is 1. The van der Waals surface area contributed by atoms with Gasteiger partial charge in [0, 0.05) is 49.4 Å². The van der Waals surface area contributed by atoms with E-state index in [0.717, 1.165) is 23.3 Å². The topological polar surface area (TPSA) is 98.0 Å². The SMILES string of the molecule is COc1ccc2sc(N(CCN3CCOCC3)C(=O)c3cccc([N+](=O)[O-])c3C)nc2c1. The number of ether oxygens (including phenoxy) is 2. The summed E-state index contributed by atoms with van der Waals surface area (Å²) in [6, 6.07) is 10.2.